The van der Waals surface area contributed by atoms with Crippen molar-refractivity contribution in [1.82, 2.24) is 4.90 Å². The first kappa shape index (κ1) is 25.2. The normalized spacial score (nSPS) is 13.4. The van der Waals surface area contributed by atoms with Crippen LogP contribution in [0.2, 0.25) is 0 Å². The van der Waals surface area contributed by atoms with Gasteiger partial charge in [0.15, 0.2) is 0 Å². The lowest BCUT2D eigenvalue weighted by atomic mass is 10.1. The van der Waals surface area contributed by atoms with Crippen LogP contribution in [0, 0.1) is 12.7 Å². The molecule has 1 heterocycles. The third-order valence-electron chi connectivity index (χ3n) is 4.35. The van der Waals surface area contributed by atoms with Crippen molar-refractivity contribution in [2.75, 3.05) is 50.6 Å². The van der Waals surface area contributed by atoms with Crippen LogP contribution in [0.25, 0.3) is 0 Å². The number of anilines is 2. The molecule has 0 radical (unpaired) electrons. The van der Waals surface area contributed by atoms with Gasteiger partial charge in [0.05, 0.1) is 11.2 Å². The fourth-order valence-corrected chi connectivity index (χ4v) is 3.41. The molecule has 2 aromatic rings. The molecule has 5 nitrogen and oxygen atoms in total. The highest BCUT2D eigenvalue weighted by atomic mass is 79.9. The summed E-state index contributed by atoms with van der Waals surface area (Å²) in [6.07, 6.45) is 0.588. The van der Waals surface area contributed by atoms with E-state index in [1.165, 1.54) is 28.9 Å². The molecule has 1 aliphatic rings. The monoisotopic (exact) mass is 483 g/mol. The van der Waals surface area contributed by atoms with E-state index in [0.717, 1.165) is 43.8 Å². The minimum atomic E-state index is -0.485. The number of halogens is 2. The SMILES string of the molecule is CO.Cc1cc(Br)ccc1N1CCN(C)CC1.O=Cc1ccc(NC=S)c(F)c1. The minimum Gasteiger partial charge on any atom is -0.400 e. The quantitative estimate of drug-likeness (QED) is 0.503. The standard InChI is InChI=1S/C12H17BrN2.C8H6FNOS.CH4O/c1-10-9-11(13)3-4-12(10)15-7-5-14(2)6-8-15;9-7-3-6(4-11)1-2-8(7)10-5-12;1-2/h3-4,9H,5-8H2,1-2H3;1-5H,(H,10,12);2H,1H3. The number of thiocarbonyl (C=S) groups is 1. The molecule has 1 saturated heterocycles. The number of hydrogen-bond donors (Lipinski definition) is 2. The molecule has 1 fully saturated rings. The number of aliphatic hydroxyl groups excluding tert-OH is 1. The van der Waals surface area contributed by atoms with E-state index >= 15 is 0 Å². The Labute approximate surface area is 185 Å². The van der Waals surface area contributed by atoms with Gasteiger partial charge in [-0.2, -0.15) is 0 Å². The number of likely N-dealkylation sites (N-methyl/N-ethyl adjacent to an activating group) is 1. The first-order chi connectivity index (χ1) is 13.9. The summed E-state index contributed by atoms with van der Waals surface area (Å²) in [6.45, 7) is 6.78. The molecule has 0 atom stereocenters. The zero-order valence-electron chi connectivity index (χ0n) is 16.9. The summed E-state index contributed by atoms with van der Waals surface area (Å²) < 4.78 is 14.1. The lowest BCUT2D eigenvalue weighted by Gasteiger charge is -2.34. The molecule has 2 aromatic carbocycles. The first-order valence-electron chi connectivity index (χ1n) is 9.04. The van der Waals surface area contributed by atoms with E-state index in [9.17, 15) is 9.18 Å². The zero-order valence-corrected chi connectivity index (χ0v) is 19.3. The number of benzene rings is 2. The van der Waals surface area contributed by atoms with Crippen LogP contribution in [0.4, 0.5) is 15.8 Å². The number of hydrogen-bond acceptors (Lipinski definition) is 5. The summed E-state index contributed by atoms with van der Waals surface area (Å²) in [5.74, 6) is -0.485. The highest BCUT2D eigenvalue weighted by molar-refractivity contribution is 9.10. The summed E-state index contributed by atoms with van der Waals surface area (Å²) >= 11 is 7.99. The summed E-state index contributed by atoms with van der Waals surface area (Å²) in [4.78, 5) is 15.1. The van der Waals surface area contributed by atoms with E-state index in [0.29, 0.717) is 11.8 Å². The Morgan fingerprint density at radius 3 is 2.31 bits per heavy atom. The second-order valence-corrected chi connectivity index (χ2v) is 7.49. The molecule has 0 aliphatic carbocycles. The van der Waals surface area contributed by atoms with Crippen molar-refractivity contribution < 1.29 is 14.3 Å². The molecule has 0 bridgehead atoms. The van der Waals surface area contributed by atoms with Crippen molar-refractivity contribution in [3.05, 3.63) is 57.8 Å². The third kappa shape index (κ3) is 8.18. The number of nitrogens with zero attached hydrogens (tertiary/aromatic N) is 2. The van der Waals surface area contributed by atoms with Crippen LogP contribution in [0.1, 0.15) is 15.9 Å². The predicted molar refractivity (Wildman–Crippen MR) is 126 cm³/mol. The van der Waals surface area contributed by atoms with Crippen molar-refractivity contribution >= 4 is 51.3 Å². The summed E-state index contributed by atoms with van der Waals surface area (Å²) in [5, 5.41) is 9.53. The van der Waals surface area contributed by atoms with E-state index in [1.54, 1.807) is 0 Å². The molecule has 2 N–H and O–H groups in total. The van der Waals surface area contributed by atoms with E-state index < -0.39 is 5.82 Å². The van der Waals surface area contributed by atoms with E-state index in [-0.39, 0.29) is 5.69 Å². The summed E-state index contributed by atoms with van der Waals surface area (Å²) in [7, 11) is 3.19. The topological polar surface area (TPSA) is 55.8 Å². The maximum atomic E-state index is 12.9. The van der Waals surface area contributed by atoms with Gasteiger partial charge >= 0.3 is 0 Å². The van der Waals surface area contributed by atoms with Crippen LogP contribution in [-0.4, -0.2) is 62.1 Å². The predicted octanol–water partition coefficient (Wildman–Crippen LogP) is 4.13. The lowest BCUT2D eigenvalue weighted by Crippen LogP contribution is -2.44. The Bertz CT molecular complexity index is 799. The van der Waals surface area contributed by atoms with E-state index in [1.807, 2.05) is 0 Å². The molecular formula is C21H27BrFN3O2S. The Hall–Kier alpha value is -1.87. The lowest BCUT2D eigenvalue weighted by molar-refractivity contribution is 0.112. The molecule has 0 amide bonds. The number of piperazine rings is 1. The number of rotatable bonds is 4. The van der Waals surface area contributed by atoms with Crippen LogP contribution in [0.3, 0.4) is 0 Å². The smallest absolute Gasteiger partial charge is 0.150 e. The number of aryl methyl sites for hydroxylation is 1. The molecule has 3 rings (SSSR count). The molecule has 8 heteroatoms. The third-order valence-corrected chi connectivity index (χ3v) is 4.96. The molecular weight excluding hydrogens is 457 g/mol. The first-order valence-corrected chi connectivity index (χ1v) is 10.3. The van der Waals surface area contributed by atoms with Crippen molar-refractivity contribution in [2.45, 2.75) is 6.92 Å². The van der Waals surface area contributed by atoms with Gasteiger partial charge in [0.1, 0.15) is 12.1 Å². The highest BCUT2D eigenvalue weighted by Gasteiger charge is 2.15. The van der Waals surface area contributed by atoms with Gasteiger partial charge in [-0.1, -0.05) is 28.1 Å². The van der Waals surface area contributed by atoms with Crippen LogP contribution in [0.15, 0.2) is 40.9 Å². The maximum Gasteiger partial charge on any atom is 0.150 e. The number of aldehydes is 1. The molecule has 29 heavy (non-hydrogen) atoms. The van der Waals surface area contributed by atoms with Crippen molar-refractivity contribution in [3.8, 4) is 0 Å². The number of carbonyl (C=O) groups is 1. The fourth-order valence-electron chi connectivity index (χ4n) is 2.81. The van der Waals surface area contributed by atoms with Gasteiger partial charge in [0.2, 0.25) is 0 Å². The van der Waals surface area contributed by atoms with Crippen LogP contribution >= 0.6 is 28.1 Å². The van der Waals surface area contributed by atoms with Gasteiger partial charge in [0.25, 0.3) is 0 Å². The van der Waals surface area contributed by atoms with Crippen LogP contribution in [0.5, 0.6) is 0 Å². The fraction of sp³-hybridized carbons (Fsp3) is 0.333. The zero-order chi connectivity index (χ0) is 21.8. The summed E-state index contributed by atoms with van der Waals surface area (Å²) in [6, 6.07) is 10.6. The number of aliphatic hydroxyl groups is 1. The molecule has 0 saturated carbocycles. The van der Waals surface area contributed by atoms with Gasteiger partial charge in [-0.15, -0.1) is 0 Å². The average molecular weight is 484 g/mol. The Morgan fingerprint density at radius 1 is 1.14 bits per heavy atom. The van der Waals surface area contributed by atoms with Gasteiger partial charge in [-0.05, 0) is 55.9 Å². The van der Waals surface area contributed by atoms with Crippen molar-refractivity contribution in [3.63, 3.8) is 0 Å². The molecule has 158 valence electrons. The van der Waals surface area contributed by atoms with Crippen LogP contribution in [-0.2, 0) is 0 Å². The van der Waals surface area contributed by atoms with Gasteiger partial charge in [0, 0.05) is 49.0 Å². The Morgan fingerprint density at radius 2 is 1.79 bits per heavy atom. The van der Waals surface area contributed by atoms with Crippen molar-refractivity contribution in [2.24, 2.45) is 0 Å². The Kier molecular flexibility index (Phi) is 11.6. The van der Waals surface area contributed by atoms with Gasteiger partial charge < -0.3 is 20.2 Å². The maximum absolute atomic E-state index is 12.9. The Balaban J connectivity index is 0.000000273. The number of nitrogens with one attached hydrogen (secondary N) is 1. The average Bonchev–Trinajstić information content (AvgIpc) is 2.72. The molecule has 0 unspecified atom stereocenters. The highest BCUT2D eigenvalue weighted by Crippen LogP contribution is 2.24. The van der Waals surface area contributed by atoms with Gasteiger partial charge in [-0.3, -0.25) is 4.79 Å². The van der Waals surface area contributed by atoms with E-state index in [4.69, 9.17) is 5.11 Å². The van der Waals surface area contributed by atoms with Gasteiger partial charge in [-0.25, -0.2) is 4.39 Å². The van der Waals surface area contributed by atoms with Crippen molar-refractivity contribution in [1.29, 1.82) is 0 Å². The summed E-state index contributed by atoms with van der Waals surface area (Å²) in [5.41, 5.74) is 4.53. The second-order valence-electron chi connectivity index (χ2n) is 6.34. The largest absolute Gasteiger partial charge is 0.400 e. The molecule has 0 spiro atoms. The molecule has 0 aromatic heterocycles. The van der Waals surface area contributed by atoms with E-state index in [2.05, 4.69) is 75.4 Å². The number of carbonyl (C=O) groups excluding carboxylic acids is 1. The minimum absolute atomic E-state index is 0.274. The second kappa shape index (κ2) is 13.4. The molecule has 1 aliphatic heterocycles. The van der Waals surface area contributed by atoms with Crippen LogP contribution < -0.4 is 10.2 Å².